The first-order valence-electron chi connectivity index (χ1n) is 4.82. The van der Waals surface area contributed by atoms with E-state index in [0.717, 1.165) is 16.1 Å². The van der Waals surface area contributed by atoms with E-state index in [4.69, 9.17) is 5.73 Å². The van der Waals surface area contributed by atoms with Crippen LogP contribution in [-0.2, 0) is 0 Å². The number of rotatable bonds is 1. The van der Waals surface area contributed by atoms with Gasteiger partial charge in [0, 0.05) is 10.6 Å². The Morgan fingerprint density at radius 1 is 1.00 bits per heavy atom. The van der Waals surface area contributed by atoms with E-state index >= 15 is 0 Å². The average Bonchev–Trinajstić information content (AvgIpc) is 2.22. The van der Waals surface area contributed by atoms with Crippen LogP contribution in [0.3, 0.4) is 0 Å². The van der Waals surface area contributed by atoms with Gasteiger partial charge in [0.15, 0.2) is 0 Å². The minimum atomic E-state index is 0.720. The van der Waals surface area contributed by atoms with Crippen molar-refractivity contribution in [2.45, 2.75) is 11.8 Å². The van der Waals surface area contributed by atoms with Gasteiger partial charge in [-0.2, -0.15) is 0 Å². The molecule has 2 aromatic rings. The van der Waals surface area contributed by atoms with E-state index in [-0.39, 0.29) is 0 Å². The minimum absolute atomic E-state index is 0.720. The number of nitrogen functional groups attached to an aromatic ring is 1. The fourth-order valence-corrected chi connectivity index (χ4v) is 1.70. The molecule has 0 unspecified atom stereocenters. The predicted octanol–water partition coefficient (Wildman–Crippen LogP) is 3.53. The van der Waals surface area contributed by atoms with Crippen molar-refractivity contribution < 1.29 is 0 Å². The van der Waals surface area contributed by atoms with Crippen molar-refractivity contribution in [3.8, 4) is 11.1 Å². The molecular weight excluding hydrogens is 202 g/mol. The summed E-state index contributed by atoms with van der Waals surface area (Å²) in [6, 6.07) is 14.3. The van der Waals surface area contributed by atoms with Crippen LogP contribution in [0.15, 0.2) is 47.4 Å². The van der Waals surface area contributed by atoms with Gasteiger partial charge in [-0.3, -0.25) is 0 Å². The SMILES string of the molecule is Cc1cccc(-c2ccc(S)c(N)c2)c1. The monoisotopic (exact) mass is 215 g/mol. The predicted molar refractivity (Wildman–Crippen MR) is 68.3 cm³/mol. The third-order valence-corrected chi connectivity index (χ3v) is 2.79. The highest BCUT2D eigenvalue weighted by Crippen LogP contribution is 2.26. The molecule has 1 nitrogen and oxygen atoms in total. The van der Waals surface area contributed by atoms with Crippen LogP contribution < -0.4 is 5.73 Å². The van der Waals surface area contributed by atoms with Crippen LogP contribution in [0.4, 0.5) is 5.69 Å². The van der Waals surface area contributed by atoms with Crippen LogP contribution in [0.1, 0.15) is 5.56 Å². The number of benzene rings is 2. The van der Waals surface area contributed by atoms with E-state index in [0.29, 0.717) is 0 Å². The zero-order valence-corrected chi connectivity index (χ0v) is 9.46. The third-order valence-electron chi connectivity index (χ3n) is 2.38. The number of nitrogens with two attached hydrogens (primary N) is 1. The Hall–Kier alpha value is -1.41. The van der Waals surface area contributed by atoms with Gasteiger partial charge in [-0.05, 0) is 30.2 Å². The minimum Gasteiger partial charge on any atom is -0.398 e. The van der Waals surface area contributed by atoms with Gasteiger partial charge in [0.1, 0.15) is 0 Å². The molecule has 0 atom stereocenters. The lowest BCUT2D eigenvalue weighted by molar-refractivity contribution is 1.44. The fourth-order valence-electron chi connectivity index (χ4n) is 1.56. The summed E-state index contributed by atoms with van der Waals surface area (Å²) >= 11 is 4.25. The Labute approximate surface area is 95.3 Å². The summed E-state index contributed by atoms with van der Waals surface area (Å²) in [4.78, 5) is 0.825. The van der Waals surface area contributed by atoms with Crippen molar-refractivity contribution in [3.63, 3.8) is 0 Å². The van der Waals surface area contributed by atoms with E-state index in [1.165, 1.54) is 11.1 Å². The lowest BCUT2D eigenvalue weighted by Gasteiger charge is -2.05. The molecular formula is C13H13NS. The van der Waals surface area contributed by atoms with Gasteiger partial charge in [0.05, 0.1) is 0 Å². The first kappa shape index (κ1) is 10.1. The Bertz CT molecular complexity index is 492. The summed E-state index contributed by atoms with van der Waals surface area (Å²) in [5.74, 6) is 0. The lowest BCUT2D eigenvalue weighted by Crippen LogP contribution is -1.88. The average molecular weight is 215 g/mol. The maximum Gasteiger partial charge on any atom is 0.0455 e. The largest absolute Gasteiger partial charge is 0.398 e. The molecule has 0 radical (unpaired) electrons. The molecule has 0 amide bonds. The van der Waals surface area contributed by atoms with Gasteiger partial charge in [-0.25, -0.2) is 0 Å². The first-order chi connectivity index (χ1) is 7.16. The number of anilines is 1. The summed E-state index contributed by atoms with van der Waals surface area (Å²) in [5, 5.41) is 0. The van der Waals surface area contributed by atoms with Gasteiger partial charge in [-0.15, -0.1) is 12.6 Å². The molecule has 2 rings (SSSR count). The molecule has 0 aromatic heterocycles. The van der Waals surface area contributed by atoms with Crippen LogP contribution in [-0.4, -0.2) is 0 Å². The van der Waals surface area contributed by atoms with Crippen molar-refractivity contribution in [1.29, 1.82) is 0 Å². The second kappa shape index (κ2) is 3.99. The Kier molecular flexibility index (Phi) is 2.69. The van der Waals surface area contributed by atoms with Crippen molar-refractivity contribution in [2.24, 2.45) is 0 Å². The molecule has 0 saturated carbocycles. The highest BCUT2D eigenvalue weighted by molar-refractivity contribution is 7.80. The highest BCUT2D eigenvalue weighted by Gasteiger charge is 2.00. The van der Waals surface area contributed by atoms with Gasteiger partial charge in [0.2, 0.25) is 0 Å². The quantitative estimate of drug-likeness (QED) is 0.552. The molecule has 15 heavy (non-hydrogen) atoms. The van der Waals surface area contributed by atoms with E-state index in [1.54, 1.807) is 0 Å². The summed E-state index contributed by atoms with van der Waals surface area (Å²) < 4.78 is 0. The van der Waals surface area contributed by atoms with Crippen molar-refractivity contribution in [2.75, 3.05) is 5.73 Å². The zero-order valence-electron chi connectivity index (χ0n) is 8.57. The van der Waals surface area contributed by atoms with Crippen LogP contribution in [0.5, 0.6) is 0 Å². The molecule has 2 N–H and O–H groups in total. The normalized spacial score (nSPS) is 10.3. The molecule has 0 saturated heterocycles. The Morgan fingerprint density at radius 2 is 1.73 bits per heavy atom. The molecule has 0 bridgehead atoms. The lowest BCUT2D eigenvalue weighted by atomic mass is 10.0. The summed E-state index contributed by atoms with van der Waals surface area (Å²) in [6.45, 7) is 2.08. The van der Waals surface area contributed by atoms with Crippen LogP contribution in [0.2, 0.25) is 0 Å². The number of aryl methyl sites for hydroxylation is 1. The molecule has 76 valence electrons. The first-order valence-corrected chi connectivity index (χ1v) is 5.27. The van der Waals surface area contributed by atoms with Gasteiger partial charge < -0.3 is 5.73 Å². The molecule has 0 spiro atoms. The van der Waals surface area contributed by atoms with Crippen LogP contribution in [0.25, 0.3) is 11.1 Å². The zero-order chi connectivity index (χ0) is 10.8. The molecule has 2 heteroatoms. The summed E-state index contributed by atoms with van der Waals surface area (Å²) in [6.07, 6.45) is 0. The second-order valence-electron chi connectivity index (χ2n) is 3.64. The van der Waals surface area contributed by atoms with Gasteiger partial charge >= 0.3 is 0 Å². The fraction of sp³-hybridized carbons (Fsp3) is 0.0769. The van der Waals surface area contributed by atoms with Gasteiger partial charge in [-0.1, -0.05) is 35.9 Å². The second-order valence-corrected chi connectivity index (χ2v) is 4.12. The number of thiol groups is 1. The highest BCUT2D eigenvalue weighted by atomic mass is 32.1. The Morgan fingerprint density at radius 3 is 2.40 bits per heavy atom. The summed E-state index contributed by atoms with van der Waals surface area (Å²) in [5.41, 5.74) is 10.1. The Balaban J connectivity index is 2.50. The molecule has 0 aliphatic heterocycles. The van der Waals surface area contributed by atoms with E-state index in [2.05, 4.69) is 43.8 Å². The molecule has 0 fully saturated rings. The van der Waals surface area contributed by atoms with Crippen molar-refractivity contribution in [3.05, 3.63) is 48.0 Å². The van der Waals surface area contributed by atoms with Gasteiger partial charge in [0.25, 0.3) is 0 Å². The smallest absolute Gasteiger partial charge is 0.0455 e. The van der Waals surface area contributed by atoms with Crippen LogP contribution in [0, 0.1) is 6.92 Å². The molecule has 2 aromatic carbocycles. The maximum atomic E-state index is 5.82. The number of hydrogen-bond acceptors (Lipinski definition) is 2. The van der Waals surface area contributed by atoms with E-state index < -0.39 is 0 Å². The van der Waals surface area contributed by atoms with E-state index in [1.807, 2.05) is 18.2 Å². The molecule has 0 aliphatic rings. The maximum absolute atomic E-state index is 5.82. The standard InChI is InChI=1S/C13H13NS/c1-9-3-2-4-10(7-9)11-5-6-13(15)12(14)8-11/h2-8,15H,14H2,1H3. The topological polar surface area (TPSA) is 26.0 Å². The third kappa shape index (κ3) is 2.16. The van der Waals surface area contributed by atoms with E-state index in [9.17, 15) is 0 Å². The summed E-state index contributed by atoms with van der Waals surface area (Å²) in [7, 11) is 0. The number of hydrogen-bond donors (Lipinski definition) is 2. The van der Waals surface area contributed by atoms with Crippen molar-refractivity contribution in [1.82, 2.24) is 0 Å². The molecule has 0 heterocycles. The van der Waals surface area contributed by atoms with Crippen molar-refractivity contribution >= 4 is 18.3 Å². The van der Waals surface area contributed by atoms with Crippen LogP contribution >= 0.6 is 12.6 Å². The molecule has 0 aliphatic carbocycles.